The van der Waals surface area contributed by atoms with E-state index in [-0.39, 0.29) is 18.4 Å². The van der Waals surface area contributed by atoms with Gasteiger partial charge in [0.15, 0.2) is 6.61 Å². The average Bonchev–Trinajstić information content (AvgIpc) is 2.85. The molecule has 1 fully saturated rings. The molecule has 0 unspecified atom stereocenters. The minimum absolute atomic E-state index is 0.0123. The molecule has 1 saturated heterocycles. The zero-order chi connectivity index (χ0) is 16.7. The van der Waals surface area contributed by atoms with Gasteiger partial charge in [0.1, 0.15) is 5.75 Å². The monoisotopic (exact) mass is 318 g/mol. The summed E-state index contributed by atoms with van der Waals surface area (Å²) >= 11 is 0. The van der Waals surface area contributed by atoms with Gasteiger partial charge in [-0.2, -0.15) is 0 Å². The van der Waals surface area contributed by atoms with E-state index in [0.29, 0.717) is 26.1 Å². The molecule has 0 bridgehead atoms. The van der Waals surface area contributed by atoms with E-state index in [9.17, 15) is 9.59 Å². The van der Waals surface area contributed by atoms with E-state index in [1.165, 1.54) is 0 Å². The average molecular weight is 318 g/mol. The van der Waals surface area contributed by atoms with Crippen molar-refractivity contribution >= 4 is 11.8 Å². The van der Waals surface area contributed by atoms with Gasteiger partial charge in [0, 0.05) is 32.6 Å². The summed E-state index contributed by atoms with van der Waals surface area (Å²) in [4.78, 5) is 27.8. The number of para-hydroxylation sites is 1. The number of hydrogen-bond acceptors (Lipinski definition) is 3. The highest BCUT2D eigenvalue weighted by Gasteiger charge is 2.21. The maximum absolute atomic E-state index is 12.4. The number of carbonyl (C=O) groups excluding carboxylic acids is 2. The molecule has 0 spiro atoms. The standard InChI is InChI=1S/C18H26N2O3/c1-3-15-8-5-6-9-16(15)23-14-18(22)20-11-7-10-19(12-13-20)17(21)4-2/h5-6,8-9H,3-4,7,10-14H2,1-2H3. The van der Waals surface area contributed by atoms with Crippen LogP contribution in [0.15, 0.2) is 24.3 Å². The zero-order valence-electron chi connectivity index (χ0n) is 14.1. The Morgan fingerprint density at radius 3 is 2.30 bits per heavy atom. The fourth-order valence-corrected chi connectivity index (χ4v) is 2.81. The molecule has 0 aromatic heterocycles. The Labute approximate surface area is 138 Å². The Morgan fingerprint density at radius 1 is 1.00 bits per heavy atom. The van der Waals surface area contributed by atoms with Crippen molar-refractivity contribution in [1.82, 2.24) is 9.80 Å². The van der Waals surface area contributed by atoms with Crippen molar-refractivity contribution in [3.8, 4) is 5.75 Å². The van der Waals surface area contributed by atoms with Crippen LogP contribution in [0.1, 0.15) is 32.3 Å². The van der Waals surface area contributed by atoms with Crippen molar-refractivity contribution in [3.05, 3.63) is 29.8 Å². The van der Waals surface area contributed by atoms with Crippen molar-refractivity contribution in [2.45, 2.75) is 33.1 Å². The summed E-state index contributed by atoms with van der Waals surface area (Å²) in [6.07, 6.45) is 2.22. The van der Waals surface area contributed by atoms with Crippen LogP contribution in [0.25, 0.3) is 0 Å². The van der Waals surface area contributed by atoms with Gasteiger partial charge in [-0.3, -0.25) is 9.59 Å². The first kappa shape index (κ1) is 17.3. The molecular weight excluding hydrogens is 292 g/mol. The molecular formula is C18H26N2O3. The summed E-state index contributed by atoms with van der Waals surface area (Å²) in [7, 11) is 0. The second-order valence-electron chi connectivity index (χ2n) is 5.72. The molecule has 0 radical (unpaired) electrons. The number of nitrogens with zero attached hydrogens (tertiary/aromatic N) is 2. The first-order valence-electron chi connectivity index (χ1n) is 8.42. The lowest BCUT2D eigenvalue weighted by atomic mass is 10.1. The maximum atomic E-state index is 12.4. The molecule has 1 heterocycles. The van der Waals surface area contributed by atoms with Crippen molar-refractivity contribution in [2.24, 2.45) is 0 Å². The fourth-order valence-electron chi connectivity index (χ4n) is 2.81. The highest BCUT2D eigenvalue weighted by atomic mass is 16.5. The van der Waals surface area contributed by atoms with E-state index < -0.39 is 0 Å². The Balaban J connectivity index is 1.87. The fraction of sp³-hybridized carbons (Fsp3) is 0.556. The topological polar surface area (TPSA) is 49.9 Å². The van der Waals surface area contributed by atoms with Crippen molar-refractivity contribution in [1.29, 1.82) is 0 Å². The van der Waals surface area contributed by atoms with E-state index >= 15 is 0 Å². The SMILES string of the molecule is CCC(=O)N1CCCN(C(=O)COc2ccccc2CC)CC1. The maximum Gasteiger partial charge on any atom is 0.260 e. The third kappa shape index (κ3) is 4.71. The molecule has 1 aliphatic rings. The van der Waals surface area contributed by atoms with Gasteiger partial charge < -0.3 is 14.5 Å². The van der Waals surface area contributed by atoms with Gasteiger partial charge in [0.25, 0.3) is 5.91 Å². The van der Waals surface area contributed by atoms with Crippen LogP contribution >= 0.6 is 0 Å². The molecule has 5 heteroatoms. The molecule has 1 aromatic carbocycles. The molecule has 23 heavy (non-hydrogen) atoms. The number of aryl methyl sites for hydroxylation is 1. The first-order valence-corrected chi connectivity index (χ1v) is 8.42. The molecule has 126 valence electrons. The number of hydrogen-bond donors (Lipinski definition) is 0. The van der Waals surface area contributed by atoms with E-state index in [2.05, 4.69) is 6.92 Å². The van der Waals surface area contributed by atoms with Gasteiger partial charge in [-0.05, 0) is 24.5 Å². The molecule has 0 saturated carbocycles. The quantitative estimate of drug-likeness (QED) is 0.835. The van der Waals surface area contributed by atoms with Crippen LogP contribution in [0.3, 0.4) is 0 Å². The second-order valence-corrected chi connectivity index (χ2v) is 5.72. The lowest BCUT2D eigenvalue weighted by Gasteiger charge is -2.22. The Bertz CT molecular complexity index is 545. The second kappa shape index (κ2) is 8.56. The summed E-state index contributed by atoms with van der Waals surface area (Å²) in [5.41, 5.74) is 1.11. The van der Waals surface area contributed by atoms with Crippen LogP contribution < -0.4 is 4.74 Å². The number of amides is 2. The van der Waals surface area contributed by atoms with Gasteiger partial charge in [-0.25, -0.2) is 0 Å². The lowest BCUT2D eigenvalue weighted by Crippen LogP contribution is -2.39. The predicted molar refractivity (Wildman–Crippen MR) is 89.4 cm³/mol. The summed E-state index contributed by atoms with van der Waals surface area (Å²) in [6, 6.07) is 7.80. The predicted octanol–water partition coefficient (Wildman–Crippen LogP) is 2.10. The first-order chi connectivity index (χ1) is 11.2. The van der Waals surface area contributed by atoms with Gasteiger partial charge in [-0.15, -0.1) is 0 Å². The number of rotatable bonds is 5. The molecule has 2 rings (SSSR count). The molecule has 0 aliphatic carbocycles. The summed E-state index contributed by atoms with van der Waals surface area (Å²) in [5.74, 6) is 0.926. The molecule has 1 aliphatic heterocycles. The van der Waals surface area contributed by atoms with Crippen molar-refractivity contribution in [2.75, 3.05) is 32.8 Å². The van der Waals surface area contributed by atoms with E-state index in [1.54, 1.807) is 4.90 Å². The summed E-state index contributed by atoms with van der Waals surface area (Å²) in [5, 5.41) is 0. The van der Waals surface area contributed by atoms with E-state index in [0.717, 1.165) is 30.7 Å². The molecule has 0 N–H and O–H groups in total. The van der Waals surface area contributed by atoms with Gasteiger partial charge in [0.05, 0.1) is 0 Å². The Morgan fingerprint density at radius 2 is 1.65 bits per heavy atom. The zero-order valence-corrected chi connectivity index (χ0v) is 14.1. The number of carbonyl (C=O) groups is 2. The Hall–Kier alpha value is -2.04. The van der Waals surface area contributed by atoms with Crippen LogP contribution in [-0.2, 0) is 16.0 Å². The van der Waals surface area contributed by atoms with Crippen LogP contribution in [0.4, 0.5) is 0 Å². The van der Waals surface area contributed by atoms with Crippen molar-refractivity contribution < 1.29 is 14.3 Å². The normalized spacial score (nSPS) is 15.2. The van der Waals surface area contributed by atoms with Gasteiger partial charge >= 0.3 is 0 Å². The smallest absolute Gasteiger partial charge is 0.260 e. The molecule has 5 nitrogen and oxygen atoms in total. The van der Waals surface area contributed by atoms with E-state index in [1.807, 2.05) is 36.1 Å². The summed E-state index contributed by atoms with van der Waals surface area (Å²) in [6.45, 7) is 6.61. The molecule has 0 atom stereocenters. The van der Waals surface area contributed by atoms with Crippen LogP contribution in [0, 0.1) is 0 Å². The van der Waals surface area contributed by atoms with Crippen LogP contribution in [-0.4, -0.2) is 54.4 Å². The third-order valence-corrected chi connectivity index (χ3v) is 4.21. The van der Waals surface area contributed by atoms with E-state index in [4.69, 9.17) is 4.74 Å². The largest absolute Gasteiger partial charge is 0.483 e. The summed E-state index contributed by atoms with van der Waals surface area (Å²) < 4.78 is 5.71. The minimum atomic E-state index is -0.0123. The highest BCUT2D eigenvalue weighted by Crippen LogP contribution is 2.18. The van der Waals surface area contributed by atoms with Gasteiger partial charge in [-0.1, -0.05) is 32.0 Å². The van der Waals surface area contributed by atoms with Gasteiger partial charge in [0.2, 0.25) is 5.91 Å². The highest BCUT2D eigenvalue weighted by molar-refractivity contribution is 5.78. The number of benzene rings is 1. The van der Waals surface area contributed by atoms with Crippen molar-refractivity contribution in [3.63, 3.8) is 0 Å². The third-order valence-electron chi connectivity index (χ3n) is 4.21. The molecule has 1 aromatic rings. The molecule has 2 amide bonds. The number of ether oxygens (including phenoxy) is 1. The lowest BCUT2D eigenvalue weighted by molar-refractivity contribution is -0.134. The Kier molecular flexibility index (Phi) is 6.44. The minimum Gasteiger partial charge on any atom is -0.483 e. The van der Waals surface area contributed by atoms with Crippen LogP contribution in [0.2, 0.25) is 0 Å². The van der Waals surface area contributed by atoms with Crippen LogP contribution in [0.5, 0.6) is 5.75 Å².